The lowest BCUT2D eigenvalue weighted by molar-refractivity contribution is 0.940. The van der Waals surface area contributed by atoms with Crippen molar-refractivity contribution in [3.05, 3.63) is 164 Å². The van der Waals surface area contributed by atoms with E-state index >= 15 is 0 Å². The third-order valence-corrected chi connectivity index (χ3v) is 9.13. The zero-order valence-electron chi connectivity index (χ0n) is 26.2. The number of rotatable bonds is 5. The topological polar surface area (TPSA) is 65.8 Å². The molecule has 49 heavy (non-hydrogen) atoms. The fourth-order valence-corrected chi connectivity index (χ4v) is 6.88. The number of aromatic nitrogens is 7. The number of imidazole rings is 2. The summed E-state index contributed by atoms with van der Waals surface area (Å²) in [7, 11) is 0. The van der Waals surface area contributed by atoms with Gasteiger partial charge in [-0.25, -0.2) is 9.97 Å². The summed E-state index contributed by atoms with van der Waals surface area (Å²) in [4.78, 5) is 20.7. The molecule has 0 atom stereocenters. The van der Waals surface area contributed by atoms with Crippen molar-refractivity contribution in [2.24, 2.45) is 0 Å². The molecule has 7 heteroatoms. The predicted molar refractivity (Wildman–Crippen MR) is 196 cm³/mol. The Morgan fingerprint density at radius 3 is 1.57 bits per heavy atom. The van der Waals surface area contributed by atoms with Gasteiger partial charge in [-0.05, 0) is 41.5 Å². The highest BCUT2D eigenvalue weighted by Gasteiger charge is 2.25. The van der Waals surface area contributed by atoms with Crippen LogP contribution >= 0.6 is 0 Å². The van der Waals surface area contributed by atoms with Gasteiger partial charge < -0.3 is 0 Å². The largest absolute Gasteiger partial charge is 0.278 e. The Kier molecular flexibility index (Phi) is 6.04. The van der Waals surface area contributed by atoms with Crippen molar-refractivity contribution in [2.45, 2.75) is 0 Å². The second-order valence-electron chi connectivity index (χ2n) is 12.0. The lowest BCUT2D eigenvalue weighted by atomic mass is 10.0. The summed E-state index contributed by atoms with van der Waals surface area (Å²) < 4.78 is 6.59. The Morgan fingerprint density at radius 2 is 0.878 bits per heavy atom. The summed E-state index contributed by atoms with van der Waals surface area (Å²) in [6.45, 7) is 0. The average Bonchev–Trinajstić information content (AvgIpc) is 3.82. The van der Waals surface area contributed by atoms with Gasteiger partial charge in [-0.3, -0.25) is 13.5 Å². The average molecular weight is 630 g/mol. The molecule has 0 saturated heterocycles. The third kappa shape index (κ3) is 4.29. The Balaban J connectivity index is 1.27. The number of hydrogen-bond acceptors (Lipinski definition) is 4. The maximum atomic E-state index is 5.34. The van der Waals surface area contributed by atoms with E-state index in [1.54, 1.807) is 0 Å². The van der Waals surface area contributed by atoms with Crippen LogP contribution in [0.1, 0.15) is 0 Å². The second-order valence-corrected chi connectivity index (χ2v) is 12.0. The summed E-state index contributed by atoms with van der Waals surface area (Å²) in [6.07, 6.45) is 0. The van der Waals surface area contributed by atoms with E-state index in [-0.39, 0.29) is 0 Å². The minimum atomic E-state index is 0.528. The first-order valence-corrected chi connectivity index (χ1v) is 16.3. The number of fused-ring (bicyclic) bond motifs is 7. The van der Waals surface area contributed by atoms with Gasteiger partial charge in [0.1, 0.15) is 5.52 Å². The van der Waals surface area contributed by atoms with Crippen LogP contribution in [0.2, 0.25) is 0 Å². The minimum absolute atomic E-state index is 0.528. The molecule has 0 fully saturated rings. The maximum absolute atomic E-state index is 5.34. The highest BCUT2D eigenvalue weighted by molar-refractivity contribution is 6.08. The molecule has 0 saturated carbocycles. The molecule has 230 valence electrons. The van der Waals surface area contributed by atoms with Crippen molar-refractivity contribution >= 4 is 38.9 Å². The first-order valence-electron chi connectivity index (χ1n) is 16.3. The van der Waals surface area contributed by atoms with Crippen LogP contribution in [0.5, 0.6) is 0 Å². The molecule has 0 bridgehead atoms. The highest BCUT2D eigenvalue weighted by atomic mass is 15.3. The van der Waals surface area contributed by atoms with Crippen LogP contribution in [0.15, 0.2) is 164 Å². The van der Waals surface area contributed by atoms with Crippen LogP contribution in [0.25, 0.3) is 84.4 Å². The van der Waals surface area contributed by atoms with Crippen LogP contribution in [-0.4, -0.2) is 33.5 Å². The quantitative estimate of drug-likeness (QED) is 0.190. The van der Waals surface area contributed by atoms with Gasteiger partial charge in [-0.2, -0.15) is 9.97 Å². The summed E-state index contributed by atoms with van der Waals surface area (Å²) >= 11 is 0. The van der Waals surface area contributed by atoms with Gasteiger partial charge in [0, 0.05) is 22.2 Å². The van der Waals surface area contributed by atoms with Crippen LogP contribution in [0.3, 0.4) is 0 Å². The molecule has 10 aromatic rings. The lowest BCUT2D eigenvalue weighted by Gasteiger charge is -2.11. The molecule has 0 unspecified atom stereocenters. The smallest absolute Gasteiger partial charge is 0.240 e. The molecule has 0 aliphatic rings. The fourth-order valence-electron chi connectivity index (χ4n) is 6.88. The Hall–Kier alpha value is -6.86. The van der Waals surface area contributed by atoms with E-state index in [0.29, 0.717) is 17.6 Å². The van der Waals surface area contributed by atoms with Crippen molar-refractivity contribution in [1.29, 1.82) is 0 Å². The molecule has 0 aliphatic carbocycles. The van der Waals surface area contributed by atoms with Crippen LogP contribution in [-0.2, 0) is 0 Å². The van der Waals surface area contributed by atoms with Gasteiger partial charge >= 0.3 is 0 Å². The SMILES string of the molecule is c1ccc(-c2ccc(-c3nc(-c4ccccc4)nc(-n4c5ccccc5c5nc6n(-c7ccccc7)c7ccccc7n6c54)n3)cc2)cc1. The van der Waals surface area contributed by atoms with Crippen molar-refractivity contribution in [3.63, 3.8) is 0 Å². The third-order valence-electron chi connectivity index (χ3n) is 9.13. The van der Waals surface area contributed by atoms with Gasteiger partial charge in [-0.15, -0.1) is 0 Å². The van der Waals surface area contributed by atoms with Crippen LogP contribution in [0.4, 0.5) is 0 Å². The highest BCUT2D eigenvalue weighted by Crippen LogP contribution is 2.36. The van der Waals surface area contributed by atoms with E-state index < -0.39 is 0 Å². The molecule has 10 rings (SSSR count). The second kappa shape index (κ2) is 10.9. The van der Waals surface area contributed by atoms with Gasteiger partial charge in [0.05, 0.1) is 16.6 Å². The van der Waals surface area contributed by atoms with Crippen LogP contribution in [0, 0.1) is 0 Å². The summed E-state index contributed by atoms with van der Waals surface area (Å²) in [6, 6.07) is 56.1. The standard InChI is InChI=1S/C42H27N7/c1-4-14-28(15-5-1)29-24-26-31(27-25-29)39-44-38(30-16-6-2-7-17-30)45-41(46-39)48-34-21-11-10-20-33(34)37-40(48)49-36-23-13-12-22-35(36)47(42(49)43-37)32-18-8-3-9-19-32/h1-27H. The zero-order valence-corrected chi connectivity index (χ0v) is 26.2. The predicted octanol–water partition coefficient (Wildman–Crippen LogP) is 9.56. The van der Waals surface area contributed by atoms with E-state index in [1.165, 1.54) is 0 Å². The van der Waals surface area contributed by atoms with Gasteiger partial charge in [-0.1, -0.05) is 133 Å². The van der Waals surface area contributed by atoms with Gasteiger partial charge in [0.15, 0.2) is 17.3 Å². The van der Waals surface area contributed by atoms with E-state index in [4.69, 9.17) is 19.9 Å². The van der Waals surface area contributed by atoms with Crippen molar-refractivity contribution in [1.82, 2.24) is 33.5 Å². The molecule has 4 heterocycles. The molecule has 0 radical (unpaired) electrons. The lowest BCUT2D eigenvalue weighted by Crippen LogP contribution is -2.07. The Bertz CT molecular complexity index is 2800. The molecule has 0 aliphatic heterocycles. The van der Waals surface area contributed by atoms with Crippen molar-refractivity contribution in [3.8, 4) is 45.5 Å². The normalized spacial score (nSPS) is 11.7. The molecule has 0 amide bonds. The van der Waals surface area contributed by atoms with Crippen molar-refractivity contribution < 1.29 is 0 Å². The Morgan fingerprint density at radius 1 is 0.367 bits per heavy atom. The van der Waals surface area contributed by atoms with Crippen LogP contribution < -0.4 is 0 Å². The summed E-state index contributed by atoms with van der Waals surface area (Å²) in [5.41, 5.74) is 10.0. The monoisotopic (exact) mass is 629 g/mol. The summed E-state index contributed by atoms with van der Waals surface area (Å²) in [5, 5.41) is 1.03. The first kappa shape index (κ1) is 27.3. The summed E-state index contributed by atoms with van der Waals surface area (Å²) in [5.74, 6) is 2.56. The van der Waals surface area contributed by atoms with E-state index in [1.807, 2.05) is 42.5 Å². The van der Waals surface area contributed by atoms with E-state index in [9.17, 15) is 0 Å². The number of para-hydroxylation sites is 4. The molecular weight excluding hydrogens is 603 g/mol. The zero-order chi connectivity index (χ0) is 32.3. The molecule has 0 spiro atoms. The molecule has 7 nitrogen and oxygen atoms in total. The maximum Gasteiger partial charge on any atom is 0.240 e. The Labute approximate surface area is 281 Å². The van der Waals surface area contributed by atoms with Gasteiger partial charge in [0.2, 0.25) is 11.7 Å². The number of benzene rings is 6. The fraction of sp³-hybridized carbons (Fsp3) is 0. The number of nitrogens with zero attached hydrogens (tertiary/aromatic N) is 7. The van der Waals surface area contributed by atoms with Gasteiger partial charge in [0.25, 0.3) is 0 Å². The van der Waals surface area contributed by atoms with E-state index in [2.05, 4.69) is 135 Å². The van der Waals surface area contributed by atoms with E-state index in [0.717, 1.165) is 66.8 Å². The van der Waals surface area contributed by atoms with Crippen molar-refractivity contribution in [2.75, 3.05) is 0 Å². The number of hydrogen-bond donors (Lipinski definition) is 0. The molecular formula is C42H27N7. The minimum Gasteiger partial charge on any atom is -0.278 e. The molecule has 4 aromatic heterocycles. The first-order chi connectivity index (χ1) is 24.3. The molecule has 0 N–H and O–H groups in total. The molecule has 6 aromatic carbocycles.